The number of esters is 4. The summed E-state index contributed by atoms with van der Waals surface area (Å²) in [5.74, 6) is -2.40. The number of aliphatic hydroxyl groups excluding tert-OH is 2. The van der Waals surface area contributed by atoms with Gasteiger partial charge in [0.2, 0.25) is 0 Å². The monoisotopic (exact) mass is 1250 g/mol. The fraction of sp³-hybridized carbons (Fsp3) is 0.391. The highest BCUT2D eigenvalue weighted by molar-refractivity contribution is 5.97. The quantitative estimate of drug-likeness (QED) is 0.0167. The number of nitrogens with one attached hydrogen (secondary N) is 2. The van der Waals surface area contributed by atoms with Crippen LogP contribution in [0.4, 0.5) is 11.5 Å². The minimum Gasteiger partial charge on any atom is -0.487 e. The third kappa shape index (κ3) is 13.4. The molecule has 91 heavy (non-hydrogen) atoms. The second-order valence-electron chi connectivity index (χ2n) is 23.4. The molecule has 2 heterocycles. The molecule has 10 rings (SSSR count). The molecule has 4 aliphatic rings. The number of ketones is 1. The molecule has 2 bridgehead atoms. The van der Waals surface area contributed by atoms with E-state index in [4.69, 9.17) is 49.1 Å². The topological polar surface area (TPSA) is 296 Å². The summed E-state index contributed by atoms with van der Waals surface area (Å²) >= 11 is 0. The minimum atomic E-state index is -2.39. The molecule has 6 aromatic rings. The third-order valence-corrected chi connectivity index (χ3v) is 17.6. The van der Waals surface area contributed by atoms with Gasteiger partial charge in [-0.15, -0.1) is 6.42 Å². The molecular formula is C69H74N4O18. The first-order valence-electron chi connectivity index (χ1n) is 29.6. The molecule has 0 unspecified atom stereocenters. The van der Waals surface area contributed by atoms with E-state index in [0.29, 0.717) is 49.3 Å². The van der Waals surface area contributed by atoms with Gasteiger partial charge in [-0.05, 0) is 79.1 Å². The normalized spacial score (nSPS) is 25.1. The fourth-order valence-corrected chi connectivity index (χ4v) is 12.9. The van der Waals surface area contributed by atoms with Crippen molar-refractivity contribution >= 4 is 58.0 Å². The number of terminal acetylenes is 1. The van der Waals surface area contributed by atoms with E-state index in [1.54, 1.807) is 107 Å². The summed E-state index contributed by atoms with van der Waals surface area (Å²) in [6.45, 7) is 9.70. The summed E-state index contributed by atoms with van der Waals surface area (Å²) in [6, 6.07) is 34.2. The van der Waals surface area contributed by atoms with E-state index in [0.717, 1.165) is 36.0 Å². The van der Waals surface area contributed by atoms with Gasteiger partial charge < -0.3 is 68.6 Å². The van der Waals surface area contributed by atoms with Crippen LogP contribution >= 0.6 is 0 Å². The number of nitrogens with zero attached hydrogens (tertiary/aromatic N) is 2. The molecule has 5 N–H and O–H groups in total. The maximum Gasteiger partial charge on any atom is 0.338 e. The molecule has 0 radical (unpaired) electrons. The van der Waals surface area contributed by atoms with Gasteiger partial charge in [0.1, 0.15) is 49.3 Å². The smallest absolute Gasteiger partial charge is 0.338 e. The molecule has 2 saturated carbocycles. The van der Waals surface area contributed by atoms with Gasteiger partial charge in [-0.1, -0.05) is 92.6 Å². The number of benzene rings is 5. The van der Waals surface area contributed by atoms with E-state index < -0.39 is 113 Å². The van der Waals surface area contributed by atoms with Crippen LogP contribution in [0.15, 0.2) is 145 Å². The first-order chi connectivity index (χ1) is 43.5. The van der Waals surface area contributed by atoms with Gasteiger partial charge in [-0.25, -0.2) is 19.6 Å². The number of amides is 1. The molecule has 5 aromatic carbocycles. The average molecular weight is 1250 g/mol. The molecule has 11 atom stereocenters. The molecule has 3 fully saturated rings. The zero-order valence-electron chi connectivity index (χ0n) is 51.7. The Kier molecular flexibility index (Phi) is 20.4. The number of rotatable bonds is 20. The van der Waals surface area contributed by atoms with Crippen LogP contribution in [0.5, 0.6) is 11.5 Å². The Morgan fingerprint density at radius 1 is 0.780 bits per heavy atom. The van der Waals surface area contributed by atoms with Gasteiger partial charge in [0, 0.05) is 74.6 Å². The lowest BCUT2D eigenvalue weighted by Gasteiger charge is -2.67. The summed E-state index contributed by atoms with van der Waals surface area (Å²) in [5.41, 5.74) is -4.68. The Labute approximate surface area is 526 Å². The van der Waals surface area contributed by atoms with Crippen LogP contribution in [0.1, 0.15) is 92.3 Å². The van der Waals surface area contributed by atoms with Crippen molar-refractivity contribution in [2.24, 2.45) is 16.7 Å². The number of fused-ring (bicyclic) bond motifs is 6. The van der Waals surface area contributed by atoms with Gasteiger partial charge in [0.05, 0.1) is 54.4 Å². The molecule has 22 heteroatoms. The standard InChI is InChI=1S/C47H51NO14.C22H23N3O4/c1-25-31(60-43(56)36(52)35(28-16-10-7-11-17-28)48-41(54)29-18-12-8-13-19-29)23-47(57)40(61-42(55)30-20-14-9-15-21-30)38-45(6,32(51)22-33-46(38,24-58-33)62-27(3)50)39(53)37(59-26(2)49)34(25)44(47,4)5;1-4-16-6-5-7-17(12-16)25-22-18-13-20(28-10-8-26-2)21(29-11-9-27-3)14-19(18)23-15-24-22/h7-21,31-33,35-38,40,51-52,57H,22-24H2,1-6H3,(H,48,54);1,5-7,12-15H,8-11H2,2-3H3,(H,23,24,25)/t31-,32-,33+,35-,36+,37+,38-,40-,45+,46-,47+;/m0./s1. The van der Waals surface area contributed by atoms with Crippen LogP contribution in [0, 0.1) is 29.1 Å². The first-order valence-corrected chi connectivity index (χ1v) is 29.6. The number of hydrogen-bond donors (Lipinski definition) is 5. The lowest BCUT2D eigenvalue weighted by atomic mass is 9.44. The lowest BCUT2D eigenvalue weighted by Crippen LogP contribution is -2.82. The van der Waals surface area contributed by atoms with E-state index in [2.05, 4.69) is 26.5 Å². The Balaban J connectivity index is 0.000000282. The highest BCUT2D eigenvalue weighted by atomic mass is 16.6. The van der Waals surface area contributed by atoms with Gasteiger partial charge in [0.25, 0.3) is 5.91 Å². The molecule has 3 aliphatic carbocycles. The van der Waals surface area contributed by atoms with E-state index in [9.17, 15) is 39.3 Å². The first kappa shape index (κ1) is 66.3. The van der Waals surface area contributed by atoms with Crippen LogP contribution in [0.25, 0.3) is 10.9 Å². The zero-order valence-corrected chi connectivity index (χ0v) is 51.7. The molecule has 0 spiro atoms. The van der Waals surface area contributed by atoms with Crippen molar-refractivity contribution in [2.75, 3.05) is 52.6 Å². The predicted octanol–water partition coefficient (Wildman–Crippen LogP) is 7.14. The summed E-state index contributed by atoms with van der Waals surface area (Å²) in [4.78, 5) is 92.2. The SMILES string of the molecule is C#Cc1cccc(Nc2ncnc3cc(OCCOC)c(OCCOC)cc23)c1.CC(=O)O[C@H]1C(=O)[C@@]2(C)[C@H]([C@H](OC(=O)c3ccccc3)[C@]3(O)C[C@H](OC(=O)[C@H](O)[C@@H](NC(=O)c4ccccc4)c4ccccc4)C(C)=C1C3(C)C)[C@]1(OC(C)=O)CO[C@@H]1C[C@@H]2O. The van der Waals surface area contributed by atoms with E-state index in [-0.39, 0.29) is 35.3 Å². The van der Waals surface area contributed by atoms with Crippen molar-refractivity contribution < 1.29 is 86.7 Å². The summed E-state index contributed by atoms with van der Waals surface area (Å²) < 4.78 is 52.1. The van der Waals surface area contributed by atoms with Gasteiger partial charge in [0.15, 0.2) is 35.1 Å². The zero-order chi connectivity index (χ0) is 65.4. The highest BCUT2D eigenvalue weighted by Gasteiger charge is 2.78. The number of methoxy groups -OCH3 is 2. The number of carbonyl (C=O) groups excluding carboxylic acids is 6. The maximum absolute atomic E-state index is 15.5. The largest absolute Gasteiger partial charge is 0.487 e. The lowest BCUT2D eigenvalue weighted by molar-refractivity contribution is -0.346. The van der Waals surface area contributed by atoms with E-state index in [1.165, 1.54) is 32.3 Å². The predicted molar refractivity (Wildman–Crippen MR) is 330 cm³/mol. The van der Waals surface area contributed by atoms with Gasteiger partial charge in [-0.2, -0.15) is 0 Å². The second kappa shape index (κ2) is 28.0. The van der Waals surface area contributed by atoms with Crippen LogP contribution in [0.3, 0.4) is 0 Å². The molecule has 1 aliphatic heterocycles. The number of anilines is 2. The van der Waals surface area contributed by atoms with Crippen molar-refractivity contribution in [3.8, 4) is 23.8 Å². The summed E-state index contributed by atoms with van der Waals surface area (Å²) in [6.07, 6.45) is -3.52. The minimum absolute atomic E-state index is 0.00289. The van der Waals surface area contributed by atoms with Crippen LogP contribution in [0.2, 0.25) is 0 Å². The third-order valence-electron chi connectivity index (χ3n) is 17.6. The molecule has 478 valence electrons. The van der Waals surface area contributed by atoms with E-state index >= 15 is 4.79 Å². The number of Topliss-reactive ketones (excluding diaryl/α,β-unsaturated/α-hetero) is 1. The number of aliphatic hydroxyl groups is 3. The van der Waals surface area contributed by atoms with Crippen LogP contribution < -0.4 is 20.1 Å². The number of ether oxygens (including phenoxy) is 9. The number of aromatic nitrogens is 2. The Morgan fingerprint density at radius 3 is 2.00 bits per heavy atom. The van der Waals surface area contributed by atoms with Crippen molar-refractivity contribution in [3.63, 3.8) is 0 Å². The molecule has 22 nitrogen and oxygen atoms in total. The molecule has 1 amide bonds. The fourth-order valence-electron chi connectivity index (χ4n) is 12.9. The van der Waals surface area contributed by atoms with Gasteiger partial charge in [-0.3, -0.25) is 19.2 Å². The van der Waals surface area contributed by atoms with Crippen molar-refractivity contribution in [2.45, 2.75) is 108 Å². The number of hydrogen-bond acceptors (Lipinski definition) is 21. The Hall–Kier alpha value is -9.08. The average Bonchev–Trinajstić information content (AvgIpc) is 0.670. The molecule has 1 saturated heterocycles. The van der Waals surface area contributed by atoms with Crippen molar-refractivity contribution in [1.29, 1.82) is 0 Å². The summed E-state index contributed by atoms with van der Waals surface area (Å²) in [7, 11) is 3.25. The van der Waals surface area contributed by atoms with Crippen molar-refractivity contribution in [1.82, 2.24) is 15.3 Å². The molecular weight excluding hydrogens is 1170 g/mol. The van der Waals surface area contributed by atoms with Crippen LogP contribution in [-0.4, -0.2) is 156 Å². The second-order valence-corrected chi connectivity index (χ2v) is 23.4. The van der Waals surface area contributed by atoms with Gasteiger partial charge >= 0.3 is 23.9 Å². The highest BCUT2D eigenvalue weighted by Crippen LogP contribution is 2.64. The maximum atomic E-state index is 15.5. The summed E-state index contributed by atoms with van der Waals surface area (Å²) in [5, 5.41) is 44.3. The van der Waals surface area contributed by atoms with Crippen LogP contribution in [-0.2, 0) is 52.3 Å². The Bertz CT molecular complexity index is 3730. The van der Waals surface area contributed by atoms with Crippen molar-refractivity contribution in [3.05, 3.63) is 167 Å². The number of carbonyl (C=O) groups is 6. The van der Waals surface area contributed by atoms with E-state index in [1.807, 2.05) is 36.4 Å². The molecule has 1 aromatic heterocycles. The Morgan fingerprint density at radius 2 is 1.41 bits per heavy atom.